The molecule has 0 unspecified atom stereocenters. The molecule has 0 aliphatic heterocycles. The van der Waals surface area contributed by atoms with E-state index in [9.17, 15) is 4.79 Å². The van der Waals surface area contributed by atoms with E-state index in [4.69, 9.17) is 9.84 Å². The number of ether oxygens (including phenoxy) is 1. The predicted molar refractivity (Wildman–Crippen MR) is 57.3 cm³/mol. The number of nitrogens with zero attached hydrogens (tertiary/aromatic N) is 1. The van der Waals surface area contributed by atoms with Crippen molar-refractivity contribution in [3.05, 3.63) is 16.1 Å². The molecule has 0 spiro atoms. The third-order valence-corrected chi connectivity index (χ3v) is 2.55. The number of hydrogen-bond donors (Lipinski definition) is 2. The molecule has 1 rings (SSSR count). The van der Waals surface area contributed by atoms with Gasteiger partial charge in [-0.2, -0.15) is 0 Å². The third-order valence-electron chi connectivity index (χ3n) is 1.67. The number of aromatic nitrogens is 1. The van der Waals surface area contributed by atoms with E-state index in [1.54, 1.807) is 5.38 Å². The Bertz CT molecular complexity index is 314. The highest BCUT2D eigenvalue weighted by Gasteiger charge is 2.07. The molecule has 0 aromatic carbocycles. The van der Waals surface area contributed by atoms with Gasteiger partial charge in [0, 0.05) is 25.1 Å². The topological polar surface area (TPSA) is 71.5 Å². The molecular formula is C9H14N2O3S. The molecule has 6 heteroatoms. The molecule has 5 nitrogen and oxygen atoms in total. The number of carboxylic acids is 1. The number of nitrogens with one attached hydrogen (secondary N) is 1. The summed E-state index contributed by atoms with van der Waals surface area (Å²) in [5.74, 6) is -0.972. The minimum absolute atomic E-state index is 0.136. The van der Waals surface area contributed by atoms with Crippen LogP contribution in [0.4, 0.5) is 0 Å². The lowest BCUT2D eigenvalue weighted by Crippen LogP contribution is -2.19. The molecule has 1 heterocycles. The molecule has 0 aliphatic carbocycles. The van der Waals surface area contributed by atoms with Gasteiger partial charge >= 0.3 is 5.97 Å². The second-order valence-electron chi connectivity index (χ2n) is 2.82. The number of carbonyl (C=O) groups is 1. The Morgan fingerprint density at radius 3 is 3.13 bits per heavy atom. The molecule has 0 radical (unpaired) electrons. The van der Waals surface area contributed by atoms with Crippen LogP contribution in [0.3, 0.4) is 0 Å². The van der Waals surface area contributed by atoms with Crippen LogP contribution in [-0.4, -0.2) is 35.8 Å². The van der Waals surface area contributed by atoms with Gasteiger partial charge in [0.25, 0.3) is 0 Å². The highest BCUT2D eigenvalue weighted by atomic mass is 32.1. The molecule has 0 atom stereocenters. The maximum absolute atomic E-state index is 10.5. The Hall–Kier alpha value is -0.980. The van der Waals surface area contributed by atoms with Gasteiger partial charge in [-0.25, -0.2) is 9.78 Å². The van der Waals surface area contributed by atoms with Crippen molar-refractivity contribution in [2.24, 2.45) is 0 Å². The number of hydrogen-bond acceptors (Lipinski definition) is 5. The van der Waals surface area contributed by atoms with E-state index in [1.165, 1.54) is 0 Å². The van der Waals surface area contributed by atoms with Gasteiger partial charge in [-0.05, 0) is 6.92 Å². The van der Waals surface area contributed by atoms with Gasteiger partial charge in [0.15, 0.2) is 0 Å². The number of aromatic carboxylic acids is 1. The van der Waals surface area contributed by atoms with Gasteiger partial charge in [-0.1, -0.05) is 0 Å². The molecule has 0 saturated heterocycles. The van der Waals surface area contributed by atoms with E-state index >= 15 is 0 Å². The third kappa shape index (κ3) is 4.37. The average Bonchev–Trinajstić information content (AvgIpc) is 2.66. The van der Waals surface area contributed by atoms with Crippen molar-refractivity contribution >= 4 is 17.3 Å². The Morgan fingerprint density at radius 2 is 2.53 bits per heavy atom. The summed E-state index contributed by atoms with van der Waals surface area (Å²) >= 11 is 1.14. The molecular weight excluding hydrogens is 216 g/mol. The largest absolute Gasteiger partial charge is 0.476 e. The zero-order chi connectivity index (χ0) is 11.1. The van der Waals surface area contributed by atoms with Crippen LogP contribution in [0.25, 0.3) is 0 Å². The van der Waals surface area contributed by atoms with Crippen LogP contribution in [0.15, 0.2) is 5.38 Å². The molecule has 2 N–H and O–H groups in total. The van der Waals surface area contributed by atoms with Crippen LogP contribution in [0, 0.1) is 0 Å². The fraction of sp³-hybridized carbons (Fsp3) is 0.556. The highest BCUT2D eigenvalue weighted by Crippen LogP contribution is 2.08. The van der Waals surface area contributed by atoms with E-state index in [0.717, 1.165) is 23.6 Å². The van der Waals surface area contributed by atoms with Crippen molar-refractivity contribution in [3.8, 4) is 0 Å². The lowest BCUT2D eigenvalue weighted by atomic mass is 10.5. The average molecular weight is 230 g/mol. The molecule has 15 heavy (non-hydrogen) atoms. The van der Waals surface area contributed by atoms with Crippen LogP contribution in [0.5, 0.6) is 0 Å². The second kappa shape index (κ2) is 6.49. The van der Waals surface area contributed by atoms with E-state index in [2.05, 4.69) is 10.3 Å². The summed E-state index contributed by atoms with van der Waals surface area (Å²) < 4.78 is 5.14. The maximum atomic E-state index is 10.5. The van der Waals surface area contributed by atoms with Gasteiger partial charge in [-0.3, -0.25) is 0 Å². The van der Waals surface area contributed by atoms with Crippen molar-refractivity contribution in [1.29, 1.82) is 0 Å². The van der Waals surface area contributed by atoms with Gasteiger partial charge in [0.1, 0.15) is 0 Å². The smallest absolute Gasteiger partial charge is 0.365 e. The fourth-order valence-corrected chi connectivity index (χ4v) is 1.65. The standard InChI is InChI=1S/C9H14N2O3S/c1-2-14-4-3-10-5-7-6-15-8(11-7)9(12)13/h6,10H,2-5H2,1H3,(H,12,13). The SMILES string of the molecule is CCOCCNCc1csc(C(=O)O)n1. The molecule has 0 saturated carbocycles. The highest BCUT2D eigenvalue weighted by molar-refractivity contribution is 7.11. The lowest BCUT2D eigenvalue weighted by molar-refractivity contribution is 0.0696. The fourth-order valence-electron chi connectivity index (χ4n) is 0.992. The Morgan fingerprint density at radius 1 is 1.73 bits per heavy atom. The van der Waals surface area contributed by atoms with E-state index in [1.807, 2.05) is 6.92 Å². The Labute approximate surface area is 92.1 Å². The van der Waals surface area contributed by atoms with Crippen molar-refractivity contribution in [2.75, 3.05) is 19.8 Å². The number of thiazole rings is 1. The summed E-state index contributed by atoms with van der Waals surface area (Å²) in [5, 5.41) is 13.6. The molecule has 84 valence electrons. The molecule has 0 fully saturated rings. The summed E-state index contributed by atoms with van der Waals surface area (Å²) in [6, 6.07) is 0. The Kier molecular flexibility index (Phi) is 5.23. The summed E-state index contributed by atoms with van der Waals surface area (Å²) in [4.78, 5) is 14.5. The second-order valence-corrected chi connectivity index (χ2v) is 3.68. The minimum Gasteiger partial charge on any atom is -0.476 e. The molecule has 0 bridgehead atoms. The van der Waals surface area contributed by atoms with Crippen molar-refractivity contribution in [2.45, 2.75) is 13.5 Å². The molecule has 1 aromatic rings. The van der Waals surface area contributed by atoms with Crippen molar-refractivity contribution in [3.63, 3.8) is 0 Å². The quantitative estimate of drug-likeness (QED) is 0.683. The summed E-state index contributed by atoms with van der Waals surface area (Å²) in [6.07, 6.45) is 0. The van der Waals surface area contributed by atoms with Gasteiger partial charge in [-0.15, -0.1) is 11.3 Å². The first-order chi connectivity index (χ1) is 7.24. The normalized spacial score (nSPS) is 10.5. The first-order valence-electron chi connectivity index (χ1n) is 4.70. The molecule has 1 aromatic heterocycles. The van der Waals surface area contributed by atoms with Crippen LogP contribution in [-0.2, 0) is 11.3 Å². The van der Waals surface area contributed by atoms with Gasteiger partial charge in [0.05, 0.1) is 12.3 Å². The number of rotatable bonds is 7. The first kappa shape index (κ1) is 12.1. The summed E-state index contributed by atoms with van der Waals surface area (Å²) in [6.45, 7) is 4.64. The summed E-state index contributed by atoms with van der Waals surface area (Å²) in [7, 11) is 0. The summed E-state index contributed by atoms with van der Waals surface area (Å²) in [5.41, 5.74) is 0.758. The van der Waals surface area contributed by atoms with E-state index in [0.29, 0.717) is 19.8 Å². The van der Waals surface area contributed by atoms with Crippen LogP contribution in [0.2, 0.25) is 0 Å². The van der Waals surface area contributed by atoms with Crippen LogP contribution < -0.4 is 5.32 Å². The van der Waals surface area contributed by atoms with Gasteiger partial charge in [0.2, 0.25) is 5.01 Å². The van der Waals surface area contributed by atoms with Crippen molar-refractivity contribution < 1.29 is 14.6 Å². The van der Waals surface area contributed by atoms with Crippen LogP contribution in [0.1, 0.15) is 22.4 Å². The maximum Gasteiger partial charge on any atom is 0.365 e. The lowest BCUT2D eigenvalue weighted by Gasteiger charge is -2.01. The number of carboxylic acid groups (broad SMARTS) is 1. The zero-order valence-corrected chi connectivity index (χ0v) is 9.34. The predicted octanol–water partition coefficient (Wildman–Crippen LogP) is 0.967. The van der Waals surface area contributed by atoms with Crippen LogP contribution >= 0.6 is 11.3 Å². The monoisotopic (exact) mass is 230 g/mol. The first-order valence-corrected chi connectivity index (χ1v) is 5.58. The molecule has 0 amide bonds. The Balaban J connectivity index is 2.23. The van der Waals surface area contributed by atoms with E-state index < -0.39 is 5.97 Å². The van der Waals surface area contributed by atoms with E-state index in [-0.39, 0.29) is 5.01 Å². The minimum atomic E-state index is -0.972. The van der Waals surface area contributed by atoms with Gasteiger partial charge < -0.3 is 15.2 Å². The molecule has 0 aliphatic rings. The zero-order valence-electron chi connectivity index (χ0n) is 8.52. The van der Waals surface area contributed by atoms with Crippen molar-refractivity contribution in [1.82, 2.24) is 10.3 Å².